The first-order valence-electron chi connectivity index (χ1n) is 7.60. The van der Waals surface area contributed by atoms with E-state index in [0.29, 0.717) is 5.75 Å². The Bertz CT molecular complexity index is 824. The highest BCUT2D eigenvalue weighted by atomic mass is 32.2. The van der Waals surface area contributed by atoms with Gasteiger partial charge in [0.1, 0.15) is 0 Å². The average molecular weight is 325 g/mol. The fraction of sp³-hybridized carbons (Fsp3) is 0.222. The predicted molar refractivity (Wildman–Crippen MR) is 95.9 cm³/mol. The maximum Gasteiger partial charge on any atom is 0.234 e. The number of nitrogens with one attached hydrogen (secondary N) is 1. The molecule has 5 heteroatoms. The van der Waals surface area contributed by atoms with Gasteiger partial charge in [-0.1, -0.05) is 43.0 Å². The van der Waals surface area contributed by atoms with Crippen molar-refractivity contribution in [2.75, 3.05) is 11.1 Å². The van der Waals surface area contributed by atoms with Crippen LogP contribution in [0.3, 0.4) is 0 Å². The van der Waals surface area contributed by atoms with E-state index in [2.05, 4.69) is 17.2 Å². The third-order valence-electron chi connectivity index (χ3n) is 3.72. The minimum atomic E-state index is -0.0219. The molecule has 0 bridgehead atoms. The maximum absolute atomic E-state index is 12.1. The van der Waals surface area contributed by atoms with Crippen LogP contribution in [0, 0.1) is 0 Å². The van der Waals surface area contributed by atoms with Crippen LogP contribution in [0.5, 0.6) is 0 Å². The molecule has 0 fully saturated rings. The van der Waals surface area contributed by atoms with Crippen LogP contribution in [0.4, 0.5) is 5.69 Å². The highest BCUT2D eigenvalue weighted by Crippen LogP contribution is 2.22. The van der Waals surface area contributed by atoms with Crippen molar-refractivity contribution in [3.63, 3.8) is 0 Å². The highest BCUT2D eigenvalue weighted by Gasteiger charge is 2.10. The van der Waals surface area contributed by atoms with Crippen molar-refractivity contribution in [2.24, 2.45) is 7.05 Å². The summed E-state index contributed by atoms with van der Waals surface area (Å²) in [5.74, 6) is 0.318. The molecule has 0 aliphatic heterocycles. The standard InChI is InChI=1S/C18H19N3OS/c1-3-13-8-10-14(11-9-13)19-17(22)12-23-18-20-15-6-4-5-7-16(15)21(18)2/h4-11H,3,12H2,1-2H3,(H,19,22). The second kappa shape index (κ2) is 6.87. The third-order valence-corrected chi connectivity index (χ3v) is 4.75. The minimum absolute atomic E-state index is 0.0219. The number of amides is 1. The van der Waals surface area contributed by atoms with Crippen LogP contribution in [0.25, 0.3) is 11.0 Å². The molecule has 0 spiro atoms. The molecule has 0 radical (unpaired) electrons. The number of carbonyl (C=O) groups is 1. The molecule has 3 aromatic rings. The van der Waals surface area contributed by atoms with Gasteiger partial charge in [-0.25, -0.2) is 4.98 Å². The molecule has 0 unspecified atom stereocenters. The van der Waals surface area contributed by atoms with Crippen LogP contribution < -0.4 is 5.32 Å². The fourth-order valence-electron chi connectivity index (χ4n) is 2.40. The van der Waals surface area contributed by atoms with Gasteiger partial charge < -0.3 is 9.88 Å². The quantitative estimate of drug-likeness (QED) is 0.725. The van der Waals surface area contributed by atoms with Gasteiger partial charge in [0.2, 0.25) is 5.91 Å². The Hall–Kier alpha value is -2.27. The van der Waals surface area contributed by atoms with Crippen molar-refractivity contribution in [2.45, 2.75) is 18.5 Å². The average Bonchev–Trinajstić information content (AvgIpc) is 2.90. The number of aryl methyl sites for hydroxylation is 2. The van der Waals surface area contributed by atoms with Gasteiger partial charge in [0, 0.05) is 12.7 Å². The molecule has 1 amide bonds. The smallest absolute Gasteiger partial charge is 0.234 e. The van der Waals surface area contributed by atoms with Gasteiger partial charge >= 0.3 is 0 Å². The zero-order valence-corrected chi connectivity index (χ0v) is 14.1. The summed E-state index contributed by atoms with van der Waals surface area (Å²) in [4.78, 5) is 16.7. The normalized spacial score (nSPS) is 10.9. The Morgan fingerprint density at radius 1 is 1.17 bits per heavy atom. The number of benzene rings is 2. The lowest BCUT2D eigenvalue weighted by Crippen LogP contribution is -2.14. The van der Waals surface area contributed by atoms with Crippen molar-refractivity contribution in [3.8, 4) is 0 Å². The molecule has 3 rings (SSSR count). The number of thioether (sulfide) groups is 1. The summed E-state index contributed by atoms with van der Waals surface area (Å²) in [6.45, 7) is 2.11. The summed E-state index contributed by atoms with van der Waals surface area (Å²) in [6.07, 6.45) is 0.997. The summed E-state index contributed by atoms with van der Waals surface area (Å²) < 4.78 is 2.02. The van der Waals surface area contributed by atoms with Crippen molar-refractivity contribution in [3.05, 3.63) is 54.1 Å². The van der Waals surface area contributed by atoms with Gasteiger partial charge in [0.25, 0.3) is 0 Å². The number of aromatic nitrogens is 2. The zero-order valence-electron chi connectivity index (χ0n) is 13.2. The van der Waals surface area contributed by atoms with Gasteiger partial charge in [-0.15, -0.1) is 0 Å². The number of fused-ring (bicyclic) bond motifs is 1. The van der Waals surface area contributed by atoms with E-state index in [1.165, 1.54) is 17.3 Å². The number of hydrogen-bond donors (Lipinski definition) is 1. The van der Waals surface area contributed by atoms with E-state index in [1.807, 2.05) is 60.1 Å². The van der Waals surface area contributed by atoms with Gasteiger partial charge in [-0.05, 0) is 36.2 Å². The SMILES string of the molecule is CCc1ccc(NC(=O)CSc2nc3ccccc3n2C)cc1. The van der Waals surface area contributed by atoms with Crippen LogP contribution in [-0.2, 0) is 18.3 Å². The Kier molecular flexibility index (Phi) is 4.67. The summed E-state index contributed by atoms with van der Waals surface area (Å²) in [5, 5.41) is 3.77. The number of carbonyl (C=O) groups excluding carboxylic acids is 1. The number of rotatable bonds is 5. The summed E-state index contributed by atoms with van der Waals surface area (Å²) >= 11 is 1.45. The van der Waals surface area contributed by atoms with Crippen molar-refractivity contribution >= 4 is 34.4 Å². The summed E-state index contributed by atoms with van der Waals surface area (Å²) in [7, 11) is 1.97. The van der Waals surface area contributed by atoms with Crippen LogP contribution >= 0.6 is 11.8 Å². The van der Waals surface area contributed by atoms with Crippen LogP contribution in [0.2, 0.25) is 0 Å². The molecule has 0 aliphatic carbocycles. The first kappa shape index (κ1) is 15.6. The lowest BCUT2D eigenvalue weighted by molar-refractivity contribution is -0.113. The number of anilines is 1. The van der Waals surface area contributed by atoms with Gasteiger partial charge in [-0.3, -0.25) is 4.79 Å². The van der Waals surface area contributed by atoms with E-state index in [-0.39, 0.29) is 5.91 Å². The zero-order chi connectivity index (χ0) is 16.2. The highest BCUT2D eigenvalue weighted by molar-refractivity contribution is 7.99. The van der Waals surface area contributed by atoms with E-state index >= 15 is 0 Å². The topological polar surface area (TPSA) is 46.9 Å². The van der Waals surface area contributed by atoms with Gasteiger partial charge in [0.05, 0.1) is 16.8 Å². The first-order chi connectivity index (χ1) is 11.2. The molecular weight excluding hydrogens is 306 g/mol. The van der Waals surface area contributed by atoms with Gasteiger partial charge in [0.15, 0.2) is 5.16 Å². The minimum Gasteiger partial charge on any atom is -0.325 e. The second-order valence-electron chi connectivity index (χ2n) is 5.33. The molecule has 2 aromatic carbocycles. The molecule has 0 saturated heterocycles. The molecule has 4 nitrogen and oxygen atoms in total. The van der Waals surface area contributed by atoms with Crippen molar-refractivity contribution < 1.29 is 4.79 Å². The van der Waals surface area contributed by atoms with E-state index in [4.69, 9.17) is 0 Å². The largest absolute Gasteiger partial charge is 0.325 e. The number of nitrogens with zero attached hydrogens (tertiary/aromatic N) is 2. The molecule has 0 atom stereocenters. The Balaban J connectivity index is 1.62. The predicted octanol–water partition coefficient (Wildman–Crippen LogP) is 3.87. The molecule has 1 N–H and O–H groups in total. The van der Waals surface area contributed by atoms with Crippen LogP contribution in [0.15, 0.2) is 53.7 Å². The molecule has 1 aromatic heterocycles. The fourth-order valence-corrected chi connectivity index (χ4v) is 3.19. The number of para-hydroxylation sites is 2. The third kappa shape index (κ3) is 3.56. The van der Waals surface area contributed by atoms with E-state index < -0.39 is 0 Å². The number of hydrogen-bond acceptors (Lipinski definition) is 3. The van der Waals surface area contributed by atoms with E-state index in [0.717, 1.165) is 28.3 Å². The molecule has 0 aliphatic rings. The Labute approximate surface area is 139 Å². The molecule has 23 heavy (non-hydrogen) atoms. The second-order valence-corrected chi connectivity index (χ2v) is 6.27. The van der Waals surface area contributed by atoms with Crippen LogP contribution in [-0.4, -0.2) is 21.2 Å². The Morgan fingerprint density at radius 3 is 2.61 bits per heavy atom. The number of imidazole rings is 1. The molecule has 1 heterocycles. The van der Waals surface area contributed by atoms with Crippen molar-refractivity contribution in [1.29, 1.82) is 0 Å². The lowest BCUT2D eigenvalue weighted by Gasteiger charge is -2.06. The van der Waals surface area contributed by atoms with E-state index in [9.17, 15) is 4.79 Å². The first-order valence-corrected chi connectivity index (χ1v) is 8.59. The van der Waals surface area contributed by atoms with Crippen molar-refractivity contribution in [1.82, 2.24) is 9.55 Å². The molecular formula is C18H19N3OS. The summed E-state index contributed by atoms with van der Waals surface area (Å²) in [6, 6.07) is 15.9. The summed E-state index contributed by atoms with van der Waals surface area (Å²) in [5.41, 5.74) is 4.12. The van der Waals surface area contributed by atoms with E-state index in [1.54, 1.807) is 0 Å². The molecule has 118 valence electrons. The monoisotopic (exact) mass is 325 g/mol. The molecule has 0 saturated carbocycles. The van der Waals surface area contributed by atoms with Gasteiger partial charge in [-0.2, -0.15) is 0 Å². The Morgan fingerprint density at radius 2 is 1.91 bits per heavy atom. The van der Waals surface area contributed by atoms with Crippen LogP contribution in [0.1, 0.15) is 12.5 Å². The maximum atomic E-state index is 12.1. The lowest BCUT2D eigenvalue weighted by atomic mass is 10.1.